The molecule has 0 rings (SSSR count). The second-order valence-corrected chi connectivity index (χ2v) is 2.00. The van der Waals surface area contributed by atoms with Crippen molar-refractivity contribution in [3.05, 3.63) is 0 Å². The topological polar surface area (TPSA) is 98.2 Å². The smallest absolute Gasteiger partial charge is 0.219 e. The van der Waals surface area contributed by atoms with E-state index in [2.05, 4.69) is 5.43 Å². The van der Waals surface area contributed by atoms with Gasteiger partial charge in [0, 0.05) is 0 Å². The molecular weight excluding hydrogens is 134 g/mol. The van der Waals surface area contributed by atoms with Crippen molar-refractivity contribution in [2.24, 2.45) is 11.6 Å². The largest absolute Gasteiger partial charge is 0.370 e. The molecule has 5 heteroatoms. The van der Waals surface area contributed by atoms with Crippen molar-refractivity contribution in [3.63, 3.8) is 0 Å². The Bertz CT molecular complexity index is 146. The number of carbonyl (C=O) groups is 2. The molecule has 0 aliphatic rings. The highest BCUT2D eigenvalue weighted by molar-refractivity contribution is 5.87. The number of hydrogen-bond acceptors (Lipinski definition) is 4. The molecular formula is C5H11N3O2. The van der Waals surface area contributed by atoms with E-state index in [1.165, 1.54) is 6.92 Å². The molecule has 1 amide bonds. The number of nitrogens with two attached hydrogens (primary N) is 2. The molecule has 5 N–H and O–H groups in total. The quantitative estimate of drug-likeness (QED) is 0.324. The first-order valence-corrected chi connectivity index (χ1v) is 2.82. The predicted octanol–water partition coefficient (Wildman–Crippen LogP) is -1.72. The number of primary amides is 1. The lowest BCUT2D eigenvalue weighted by Gasteiger charge is -2.08. The third kappa shape index (κ3) is 3.16. The minimum Gasteiger partial charge on any atom is -0.370 e. The van der Waals surface area contributed by atoms with E-state index in [4.69, 9.17) is 11.6 Å². The van der Waals surface area contributed by atoms with Gasteiger partial charge in [0.25, 0.3) is 0 Å². The van der Waals surface area contributed by atoms with Gasteiger partial charge in [-0.25, -0.2) is 5.43 Å². The predicted molar refractivity (Wildman–Crippen MR) is 35.6 cm³/mol. The van der Waals surface area contributed by atoms with Gasteiger partial charge in [-0.1, -0.05) is 0 Å². The normalized spacial score (nSPS) is 12.6. The number of amides is 1. The van der Waals surface area contributed by atoms with Gasteiger partial charge in [0.2, 0.25) is 5.91 Å². The van der Waals surface area contributed by atoms with Crippen molar-refractivity contribution in [2.75, 3.05) is 0 Å². The highest BCUT2D eigenvalue weighted by atomic mass is 16.1. The minimum absolute atomic E-state index is 0.0498. The molecule has 0 saturated carbocycles. The summed E-state index contributed by atoms with van der Waals surface area (Å²) < 4.78 is 0. The lowest BCUT2D eigenvalue weighted by molar-refractivity contribution is -0.124. The van der Waals surface area contributed by atoms with Crippen molar-refractivity contribution >= 4 is 11.7 Å². The third-order valence-corrected chi connectivity index (χ3v) is 1.10. The Morgan fingerprint density at radius 1 is 1.60 bits per heavy atom. The van der Waals surface area contributed by atoms with Gasteiger partial charge in [-0.3, -0.25) is 15.4 Å². The van der Waals surface area contributed by atoms with Gasteiger partial charge in [0.05, 0.1) is 12.5 Å². The Kier molecular flexibility index (Phi) is 3.60. The molecule has 0 fully saturated rings. The molecule has 0 saturated heterocycles. The highest BCUT2D eigenvalue weighted by Gasteiger charge is 2.13. The molecule has 0 aromatic rings. The molecule has 5 nitrogen and oxygen atoms in total. The molecule has 0 aliphatic heterocycles. The zero-order chi connectivity index (χ0) is 8.15. The first kappa shape index (κ1) is 9.06. The van der Waals surface area contributed by atoms with Gasteiger partial charge in [0.1, 0.15) is 5.78 Å². The van der Waals surface area contributed by atoms with Crippen LogP contribution in [0.3, 0.4) is 0 Å². The van der Waals surface area contributed by atoms with Gasteiger partial charge in [-0.15, -0.1) is 0 Å². The molecule has 0 aromatic carbocycles. The standard InChI is InChI=1S/C5H11N3O2/c1-3(9)4(8-7)2-5(6)10/h4,8H,2,7H2,1H3,(H2,6,10)/t4-/m0/s1. The van der Waals surface area contributed by atoms with Crippen molar-refractivity contribution in [2.45, 2.75) is 19.4 Å². The van der Waals surface area contributed by atoms with Crippen LogP contribution in [0.5, 0.6) is 0 Å². The van der Waals surface area contributed by atoms with Crippen LogP contribution in [0.4, 0.5) is 0 Å². The van der Waals surface area contributed by atoms with Crippen molar-refractivity contribution in [1.82, 2.24) is 5.43 Å². The first-order valence-electron chi connectivity index (χ1n) is 2.82. The molecule has 0 aliphatic carbocycles. The molecule has 58 valence electrons. The van der Waals surface area contributed by atoms with E-state index in [9.17, 15) is 9.59 Å². The fraction of sp³-hybridized carbons (Fsp3) is 0.600. The van der Waals surface area contributed by atoms with Gasteiger partial charge in [0.15, 0.2) is 0 Å². The van der Waals surface area contributed by atoms with Crippen molar-refractivity contribution in [3.8, 4) is 0 Å². The number of nitrogens with one attached hydrogen (secondary N) is 1. The Morgan fingerprint density at radius 3 is 2.20 bits per heavy atom. The molecule has 0 bridgehead atoms. The molecule has 0 unspecified atom stereocenters. The van der Waals surface area contributed by atoms with E-state index in [0.717, 1.165) is 0 Å². The van der Waals surface area contributed by atoms with E-state index >= 15 is 0 Å². The summed E-state index contributed by atoms with van der Waals surface area (Å²) in [6.07, 6.45) is -0.0498. The number of ketones is 1. The average Bonchev–Trinajstić information content (AvgIpc) is 1.81. The van der Waals surface area contributed by atoms with Gasteiger partial charge >= 0.3 is 0 Å². The summed E-state index contributed by atoms with van der Waals surface area (Å²) in [5.74, 6) is 4.21. The molecule has 10 heavy (non-hydrogen) atoms. The van der Waals surface area contributed by atoms with Gasteiger partial charge in [-0.05, 0) is 6.92 Å². The van der Waals surface area contributed by atoms with Gasteiger partial charge in [-0.2, -0.15) is 0 Å². The zero-order valence-corrected chi connectivity index (χ0v) is 5.76. The maximum Gasteiger partial charge on any atom is 0.219 e. The maximum atomic E-state index is 10.6. The molecule has 0 radical (unpaired) electrons. The first-order chi connectivity index (χ1) is 4.57. The van der Waals surface area contributed by atoms with Crippen LogP contribution in [0, 0.1) is 0 Å². The number of carbonyl (C=O) groups excluding carboxylic acids is 2. The summed E-state index contributed by atoms with van der Waals surface area (Å²) in [5.41, 5.74) is 7.00. The molecule has 0 aromatic heterocycles. The summed E-state index contributed by atoms with van der Waals surface area (Å²) in [6.45, 7) is 1.34. The summed E-state index contributed by atoms with van der Waals surface area (Å²) in [4.78, 5) is 20.8. The SMILES string of the molecule is CC(=O)[C@H](CC(N)=O)NN. The Labute approximate surface area is 58.7 Å². The third-order valence-electron chi connectivity index (χ3n) is 1.10. The second-order valence-electron chi connectivity index (χ2n) is 2.00. The molecule has 0 heterocycles. The fourth-order valence-electron chi connectivity index (χ4n) is 0.521. The lowest BCUT2D eigenvalue weighted by atomic mass is 10.1. The van der Waals surface area contributed by atoms with Crippen molar-refractivity contribution < 1.29 is 9.59 Å². The van der Waals surface area contributed by atoms with E-state index in [1.54, 1.807) is 0 Å². The number of rotatable bonds is 4. The van der Waals surface area contributed by atoms with Crippen LogP contribution in [0.1, 0.15) is 13.3 Å². The molecule has 1 atom stereocenters. The minimum atomic E-state index is -0.641. The van der Waals surface area contributed by atoms with Crippen LogP contribution in [-0.4, -0.2) is 17.7 Å². The summed E-state index contributed by atoms with van der Waals surface area (Å²) in [6, 6.07) is -0.641. The summed E-state index contributed by atoms with van der Waals surface area (Å²) >= 11 is 0. The number of Topliss-reactive ketones (excluding diaryl/α,β-unsaturated/α-hetero) is 1. The Hall–Kier alpha value is -0.940. The van der Waals surface area contributed by atoms with Crippen LogP contribution >= 0.6 is 0 Å². The van der Waals surface area contributed by atoms with Crippen LogP contribution in [0.15, 0.2) is 0 Å². The highest BCUT2D eigenvalue weighted by Crippen LogP contribution is 1.89. The van der Waals surface area contributed by atoms with Crippen LogP contribution < -0.4 is 17.0 Å². The monoisotopic (exact) mass is 145 g/mol. The van der Waals surface area contributed by atoms with E-state index in [0.29, 0.717) is 0 Å². The number of hydrogen-bond donors (Lipinski definition) is 3. The van der Waals surface area contributed by atoms with Crippen LogP contribution in [0.25, 0.3) is 0 Å². The Morgan fingerprint density at radius 2 is 2.10 bits per heavy atom. The van der Waals surface area contributed by atoms with E-state index in [1.807, 2.05) is 0 Å². The van der Waals surface area contributed by atoms with E-state index < -0.39 is 11.9 Å². The maximum absolute atomic E-state index is 10.6. The average molecular weight is 145 g/mol. The fourth-order valence-corrected chi connectivity index (χ4v) is 0.521. The summed E-state index contributed by atoms with van der Waals surface area (Å²) in [7, 11) is 0. The lowest BCUT2D eigenvalue weighted by Crippen LogP contribution is -2.42. The van der Waals surface area contributed by atoms with Gasteiger partial charge < -0.3 is 5.73 Å². The number of hydrazine groups is 1. The summed E-state index contributed by atoms with van der Waals surface area (Å²) in [5, 5.41) is 0. The second kappa shape index (κ2) is 3.97. The van der Waals surface area contributed by atoms with Crippen LogP contribution in [0.2, 0.25) is 0 Å². The Balaban J connectivity index is 3.83. The van der Waals surface area contributed by atoms with E-state index in [-0.39, 0.29) is 12.2 Å². The van der Waals surface area contributed by atoms with Crippen molar-refractivity contribution in [1.29, 1.82) is 0 Å². The zero-order valence-electron chi connectivity index (χ0n) is 5.76. The van der Waals surface area contributed by atoms with Crippen LogP contribution in [-0.2, 0) is 9.59 Å². The molecule has 0 spiro atoms.